The minimum absolute atomic E-state index is 0.424. The first kappa shape index (κ1) is 10.4. The SMILES string of the molecule is CCC1CCCC1N1CCC(N)C1C. The van der Waals surface area contributed by atoms with Crippen molar-refractivity contribution in [3.63, 3.8) is 0 Å². The molecule has 14 heavy (non-hydrogen) atoms. The van der Waals surface area contributed by atoms with Gasteiger partial charge in [-0.15, -0.1) is 0 Å². The molecule has 0 aromatic heterocycles. The molecule has 1 heterocycles. The molecule has 0 aromatic carbocycles. The normalized spacial score (nSPS) is 44.8. The third-order valence-corrected chi connectivity index (χ3v) is 4.43. The fraction of sp³-hybridized carbons (Fsp3) is 1.00. The van der Waals surface area contributed by atoms with E-state index in [0.717, 1.165) is 12.0 Å². The number of nitrogens with zero attached hydrogens (tertiary/aromatic N) is 1. The predicted molar refractivity (Wildman–Crippen MR) is 60.2 cm³/mol. The second kappa shape index (κ2) is 4.19. The molecule has 0 spiro atoms. The van der Waals surface area contributed by atoms with Gasteiger partial charge in [0.1, 0.15) is 0 Å². The van der Waals surface area contributed by atoms with Gasteiger partial charge in [0, 0.05) is 24.7 Å². The largest absolute Gasteiger partial charge is 0.326 e. The van der Waals surface area contributed by atoms with Crippen LogP contribution in [-0.2, 0) is 0 Å². The maximum atomic E-state index is 6.08. The number of likely N-dealkylation sites (tertiary alicyclic amines) is 1. The summed E-state index contributed by atoms with van der Waals surface area (Å²) < 4.78 is 0. The van der Waals surface area contributed by atoms with Gasteiger partial charge in [-0.05, 0) is 32.1 Å². The summed E-state index contributed by atoms with van der Waals surface area (Å²) in [5, 5.41) is 0. The lowest BCUT2D eigenvalue weighted by Crippen LogP contribution is -2.44. The first-order valence-electron chi connectivity index (χ1n) is 6.25. The van der Waals surface area contributed by atoms with Crippen molar-refractivity contribution in [2.45, 2.75) is 64.1 Å². The smallest absolute Gasteiger partial charge is 0.0222 e. The Labute approximate surface area is 87.8 Å². The zero-order valence-electron chi connectivity index (χ0n) is 9.58. The van der Waals surface area contributed by atoms with Crippen molar-refractivity contribution in [2.24, 2.45) is 11.7 Å². The van der Waals surface area contributed by atoms with Crippen LogP contribution in [0.2, 0.25) is 0 Å². The quantitative estimate of drug-likeness (QED) is 0.732. The Morgan fingerprint density at radius 3 is 2.64 bits per heavy atom. The van der Waals surface area contributed by atoms with Crippen LogP contribution in [0.3, 0.4) is 0 Å². The molecular formula is C12H24N2. The van der Waals surface area contributed by atoms with Crippen molar-refractivity contribution < 1.29 is 0 Å². The maximum Gasteiger partial charge on any atom is 0.0222 e. The Bertz CT molecular complexity index is 191. The summed E-state index contributed by atoms with van der Waals surface area (Å²) in [5.74, 6) is 0.947. The van der Waals surface area contributed by atoms with E-state index in [1.807, 2.05) is 0 Å². The highest BCUT2D eigenvalue weighted by molar-refractivity contribution is 4.94. The molecule has 1 aliphatic heterocycles. The lowest BCUT2D eigenvalue weighted by Gasteiger charge is -2.33. The summed E-state index contributed by atoms with van der Waals surface area (Å²) in [6.45, 7) is 5.88. The molecule has 1 saturated carbocycles. The predicted octanol–water partition coefficient (Wildman–Crippen LogP) is 1.99. The standard InChI is InChI=1S/C12H24N2/c1-3-10-5-4-6-12(10)14-8-7-11(13)9(14)2/h9-12H,3-8,13H2,1-2H3. The van der Waals surface area contributed by atoms with E-state index < -0.39 is 0 Å². The molecule has 2 nitrogen and oxygen atoms in total. The van der Waals surface area contributed by atoms with Crippen LogP contribution >= 0.6 is 0 Å². The fourth-order valence-electron chi connectivity index (χ4n) is 3.39. The van der Waals surface area contributed by atoms with Gasteiger partial charge in [0.25, 0.3) is 0 Å². The highest BCUT2D eigenvalue weighted by Gasteiger charge is 2.38. The Balaban J connectivity index is 2.00. The minimum Gasteiger partial charge on any atom is -0.326 e. The molecule has 0 bridgehead atoms. The van der Waals surface area contributed by atoms with Crippen molar-refractivity contribution in [1.29, 1.82) is 0 Å². The van der Waals surface area contributed by atoms with Crippen LogP contribution in [-0.4, -0.2) is 29.6 Å². The topological polar surface area (TPSA) is 29.3 Å². The van der Waals surface area contributed by atoms with Gasteiger partial charge in [0.2, 0.25) is 0 Å². The van der Waals surface area contributed by atoms with Crippen LogP contribution in [0.25, 0.3) is 0 Å². The second-order valence-corrected chi connectivity index (χ2v) is 5.10. The third kappa shape index (κ3) is 1.70. The van der Waals surface area contributed by atoms with E-state index >= 15 is 0 Å². The van der Waals surface area contributed by atoms with Crippen LogP contribution in [0.15, 0.2) is 0 Å². The lowest BCUT2D eigenvalue weighted by atomic mass is 9.98. The molecule has 2 aliphatic rings. The average Bonchev–Trinajstić information content (AvgIpc) is 2.75. The van der Waals surface area contributed by atoms with Gasteiger partial charge < -0.3 is 5.73 Å². The van der Waals surface area contributed by atoms with E-state index in [9.17, 15) is 0 Å². The molecule has 2 fully saturated rings. The monoisotopic (exact) mass is 196 g/mol. The van der Waals surface area contributed by atoms with Crippen molar-refractivity contribution in [3.05, 3.63) is 0 Å². The number of nitrogens with two attached hydrogens (primary N) is 1. The van der Waals surface area contributed by atoms with E-state index in [0.29, 0.717) is 12.1 Å². The van der Waals surface area contributed by atoms with Gasteiger partial charge in [-0.3, -0.25) is 4.90 Å². The van der Waals surface area contributed by atoms with Gasteiger partial charge in [-0.1, -0.05) is 19.8 Å². The number of hydrogen-bond acceptors (Lipinski definition) is 2. The van der Waals surface area contributed by atoms with Gasteiger partial charge in [0.15, 0.2) is 0 Å². The van der Waals surface area contributed by atoms with Gasteiger partial charge in [-0.2, -0.15) is 0 Å². The van der Waals surface area contributed by atoms with Crippen molar-refractivity contribution in [1.82, 2.24) is 4.90 Å². The summed E-state index contributed by atoms with van der Waals surface area (Å²) in [5.41, 5.74) is 6.08. The van der Waals surface area contributed by atoms with Crippen LogP contribution in [0.5, 0.6) is 0 Å². The zero-order valence-corrected chi connectivity index (χ0v) is 9.58. The molecule has 0 amide bonds. The van der Waals surface area contributed by atoms with Crippen LogP contribution in [0.4, 0.5) is 0 Å². The zero-order chi connectivity index (χ0) is 10.1. The molecule has 0 radical (unpaired) electrons. The Morgan fingerprint density at radius 2 is 2.07 bits per heavy atom. The first-order chi connectivity index (χ1) is 6.74. The van der Waals surface area contributed by atoms with Gasteiger partial charge in [-0.25, -0.2) is 0 Å². The molecule has 4 unspecified atom stereocenters. The lowest BCUT2D eigenvalue weighted by molar-refractivity contribution is 0.147. The van der Waals surface area contributed by atoms with E-state index in [4.69, 9.17) is 5.73 Å². The van der Waals surface area contributed by atoms with E-state index in [1.54, 1.807) is 0 Å². The molecule has 1 saturated heterocycles. The molecule has 1 aliphatic carbocycles. The molecule has 2 rings (SSSR count). The summed E-state index contributed by atoms with van der Waals surface area (Å²) in [4.78, 5) is 2.69. The second-order valence-electron chi connectivity index (χ2n) is 5.10. The van der Waals surface area contributed by atoms with Gasteiger partial charge >= 0.3 is 0 Å². The number of hydrogen-bond donors (Lipinski definition) is 1. The highest BCUT2D eigenvalue weighted by atomic mass is 15.2. The maximum absolute atomic E-state index is 6.08. The molecule has 4 atom stereocenters. The fourth-order valence-corrected chi connectivity index (χ4v) is 3.39. The highest BCUT2D eigenvalue weighted by Crippen LogP contribution is 2.35. The average molecular weight is 196 g/mol. The number of rotatable bonds is 2. The molecule has 2 N–H and O–H groups in total. The Kier molecular flexibility index (Phi) is 3.13. The summed E-state index contributed by atoms with van der Waals surface area (Å²) >= 11 is 0. The molecular weight excluding hydrogens is 172 g/mol. The van der Waals surface area contributed by atoms with E-state index in [-0.39, 0.29) is 0 Å². The Morgan fingerprint density at radius 1 is 1.29 bits per heavy atom. The summed E-state index contributed by atoms with van der Waals surface area (Å²) in [6, 6.07) is 1.89. The van der Waals surface area contributed by atoms with Crippen molar-refractivity contribution in [2.75, 3.05) is 6.54 Å². The van der Waals surface area contributed by atoms with Crippen molar-refractivity contribution >= 4 is 0 Å². The molecule has 82 valence electrons. The first-order valence-corrected chi connectivity index (χ1v) is 6.25. The Hall–Kier alpha value is -0.0800. The third-order valence-electron chi connectivity index (χ3n) is 4.43. The summed E-state index contributed by atoms with van der Waals surface area (Å²) in [7, 11) is 0. The molecule has 0 aromatic rings. The van der Waals surface area contributed by atoms with E-state index in [2.05, 4.69) is 18.7 Å². The molecule has 2 heteroatoms. The van der Waals surface area contributed by atoms with Crippen LogP contribution < -0.4 is 5.73 Å². The van der Waals surface area contributed by atoms with Gasteiger partial charge in [0.05, 0.1) is 0 Å². The van der Waals surface area contributed by atoms with Crippen LogP contribution in [0.1, 0.15) is 46.0 Å². The summed E-state index contributed by atoms with van der Waals surface area (Å²) in [6.07, 6.45) is 6.84. The minimum atomic E-state index is 0.424. The van der Waals surface area contributed by atoms with Crippen molar-refractivity contribution in [3.8, 4) is 0 Å². The van der Waals surface area contributed by atoms with Crippen LogP contribution in [0, 0.1) is 5.92 Å². The van der Waals surface area contributed by atoms with E-state index in [1.165, 1.54) is 38.6 Å².